The van der Waals surface area contributed by atoms with E-state index in [4.69, 9.17) is 4.42 Å². The van der Waals surface area contributed by atoms with Gasteiger partial charge < -0.3 is 19.4 Å². The van der Waals surface area contributed by atoms with E-state index in [9.17, 15) is 14.7 Å². The summed E-state index contributed by atoms with van der Waals surface area (Å²) in [5, 5.41) is 12.1. The highest BCUT2D eigenvalue weighted by Crippen LogP contribution is 2.40. The van der Waals surface area contributed by atoms with Gasteiger partial charge in [0.25, 0.3) is 5.56 Å². The Hall–Kier alpha value is -3.16. The molecule has 1 amide bonds. The lowest BCUT2D eigenvalue weighted by atomic mass is 9.80. The highest BCUT2D eigenvalue weighted by atomic mass is 16.4. The fourth-order valence-electron chi connectivity index (χ4n) is 5.24. The predicted molar refractivity (Wildman–Crippen MR) is 121 cm³/mol. The second kappa shape index (κ2) is 8.41. The minimum atomic E-state index is -0.0996. The molecule has 2 aromatic heterocycles. The van der Waals surface area contributed by atoms with E-state index in [1.54, 1.807) is 6.07 Å². The molecular formula is C25H27N3O4. The number of anilines is 1. The van der Waals surface area contributed by atoms with Gasteiger partial charge >= 0.3 is 0 Å². The van der Waals surface area contributed by atoms with E-state index in [2.05, 4.69) is 10.2 Å². The van der Waals surface area contributed by atoms with Crippen LogP contribution >= 0.6 is 0 Å². The minimum Gasteiger partial charge on any atom is -0.462 e. The molecule has 166 valence electrons. The van der Waals surface area contributed by atoms with E-state index < -0.39 is 0 Å². The first-order valence-corrected chi connectivity index (χ1v) is 11.0. The molecule has 1 fully saturated rings. The molecule has 0 spiro atoms. The maximum Gasteiger partial charge on any atom is 0.250 e. The Morgan fingerprint density at radius 2 is 1.84 bits per heavy atom. The standard InChI is InChI=1S/C25H27N3O4/c1-16(30)26-20-4-2-18(3-5-20)23-8-9-24(31)28-12-17-10-19(25(23)28)13-27(11-17)14-21-6-7-22(15-29)32-21/h2-9,17,19,29H,10-15H2,1H3,(H,26,30). The first-order chi connectivity index (χ1) is 15.5. The van der Waals surface area contributed by atoms with Crippen LogP contribution in [0.1, 0.15) is 36.5 Å². The van der Waals surface area contributed by atoms with Crippen LogP contribution in [-0.2, 0) is 24.5 Å². The van der Waals surface area contributed by atoms with Gasteiger partial charge in [0.2, 0.25) is 5.91 Å². The summed E-state index contributed by atoms with van der Waals surface area (Å²) in [6.07, 6.45) is 1.07. The number of carbonyl (C=O) groups is 1. The van der Waals surface area contributed by atoms with Crippen molar-refractivity contribution in [3.05, 3.63) is 76.1 Å². The number of amides is 1. The third-order valence-corrected chi connectivity index (χ3v) is 6.43. The monoisotopic (exact) mass is 433 g/mol. The number of hydrogen-bond donors (Lipinski definition) is 2. The number of aliphatic hydroxyl groups excluding tert-OH is 1. The normalized spacial score (nSPS) is 20.1. The molecule has 32 heavy (non-hydrogen) atoms. The van der Waals surface area contributed by atoms with Crippen molar-refractivity contribution < 1.29 is 14.3 Å². The second-order valence-corrected chi connectivity index (χ2v) is 8.86. The predicted octanol–water partition coefficient (Wildman–Crippen LogP) is 3.18. The average Bonchev–Trinajstić information content (AvgIpc) is 3.22. The fraction of sp³-hybridized carbons (Fsp3) is 0.360. The van der Waals surface area contributed by atoms with Gasteiger partial charge in [-0.15, -0.1) is 0 Å². The van der Waals surface area contributed by atoms with Gasteiger partial charge in [-0.1, -0.05) is 12.1 Å². The Kier molecular flexibility index (Phi) is 5.45. The lowest BCUT2D eigenvalue weighted by Crippen LogP contribution is -2.46. The molecule has 2 bridgehead atoms. The molecule has 1 aromatic carbocycles. The summed E-state index contributed by atoms with van der Waals surface area (Å²) < 4.78 is 7.66. The van der Waals surface area contributed by atoms with Crippen LogP contribution in [0.2, 0.25) is 0 Å². The zero-order chi connectivity index (χ0) is 22.2. The molecule has 4 heterocycles. The first-order valence-electron chi connectivity index (χ1n) is 11.0. The summed E-state index contributed by atoms with van der Waals surface area (Å²) in [5.41, 5.74) is 4.02. The van der Waals surface area contributed by atoms with Crippen molar-refractivity contribution in [2.24, 2.45) is 5.92 Å². The van der Waals surface area contributed by atoms with E-state index >= 15 is 0 Å². The van der Waals surface area contributed by atoms with Crippen LogP contribution in [0, 0.1) is 5.92 Å². The first kappa shape index (κ1) is 20.7. The van der Waals surface area contributed by atoms with Crippen molar-refractivity contribution in [1.29, 1.82) is 0 Å². The number of carbonyl (C=O) groups excluding carboxylic acids is 1. The summed E-state index contributed by atoms with van der Waals surface area (Å²) in [4.78, 5) is 26.4. The topological polar surface area (TPSA) is 87.7 Å². The van der Waals surface area contributed by atoms with Crippen LogP contribution < -0.4 is 10.9 Å². The smallest absolute Gasteiger partial charge is 0.250 e. The van der Waals surface area contributed by atoms with Crippen LogP contribution in [0.5, 0.6) is 0 Å². The third kappa shape index (κ3) is 4.01. The van der Waals surface area contributed by atoms with E-state index in [-0.39, 0.29) is 24.0 Å². The molecule has 0 saturated carbocycles. The van der Waals surface area contributed by atoms with Gasteiger partial charge in [-0.25, -0.2) is 0 Å². The molecule has 0 radical (unpaired) electrons. The maximum absolute atomic E-state index is 12.7. The van der Waals surface area contributed by atoms with Crippen molar-refractivity contribution in [3.8, 4) is 11.1 Å². The second-order valence-electron chi connectivity index (χ2n) is 8.86. The van der Waals surface area contributed by atoms with Gasteiger partial charge in [0.15, 0.2) is 0 Å². The number of piperidine rings is 1. The number of rotatable bonds is 5. The number of hydrogen-bond acceptors (Lipinski definition) is 5. The summed E-state index contributed by atoms with van der Waals surface area (Å²) in [7, 11) is 0. The Balaban J connectivity index is 1.45. The zero-order valence-corrected chi connectivity index (χ0v) is 18.1. The molecule has 3 aromatic rings. The van der Waals surface area contributed by atoms with Gasteiger partial charge in [-0.05, 0) is 48.2 Å². The van der Waals surface area contributed by atoms with Gasteiger partial charge in [0, 0.05) is 55.5 Å². The zero-order valence-electron chi connectivity index (χ0n) is 18.1. The Morgan fingerprint density at radius 3 is 2.56 bits per heavy atom. The lowest BCUT2D eigenvalue weighted by Gasteiger charge is -2.43. The van der Waals surface area contributed by atoms with Gasteiger partial charge in [0.05, 0.1) is 6.54 Å². The van der Waals surface area contributed by atoms with Crippen LogP contribution in [0.3, 0.4) is 0 Å². The van der Waals surface area contributed by atoms with Crippen molar-refractivity contribution in [3.63, 3.8) is 0 Å². The molecule has 7 heteroatoms. The van der Waals surface area contributed by atoms with Crippen LogP contribution in [0.25, 0.3) is 11.1 Å². The molecule has 2 aliphatic rings. The lowest BCUT2D eigenvalue weighted by molar-refractivity contribution is -0.114. The highest BCUT2D eigenvalue weighted by molar-refractivity contribution is 5.89. The molecule has 7 nitrogen and oxygen atoms in total. The SMILES string of the molecule is CC(=O)Nc1ccc(-c2ccc(=O)n3c2C2CC(CN(Cc4ccc(CO)o4)C2)C3)cc1. The highest BCUT2D eigenvalue weighted by Gasteiger charge is 2.36. The third-order valence-electron chi connectivity index (χ3n) is 6.43. The summed E-state index contributed by atoms with van der Waals surface area (Å²) >= 11 is 0. The van der Waals surface area contributed by atoms with Crippen LogP contribution in [-0.4, -0.2) is 33.6 Å². The minimum absolute atomic E-state index is 0.0559. The number of pyridine rings is 1. The molecule has 0 aliphatic carbocycles. The molecule has 1 saturated heterocycles. The Labute approximate surface area is 186 Å². The number of likely N-dealkylation sites (tertiary alicyclic amines) is 1. The van der Waals surface area contributed by atoms with E-state index in [0.29, 0.717) is 18.2 Å². The fourth-order valence-corrected chi connectivity index (χ4v) is 5.24. The number of aromatic nitrogens is 1. The summed E-state index contributed by atoms with van der Waals surface area (Å²) in [6, 6.07) is 15.1. The van der Waals surface area contributed by atoms with Crippen LogP contribution in [0.4, 0.5) is 5.69 Å². The molecule has 2 aliphatic heterocycles. The van der Waals surface area contributed by atoms with Crippen molar-refractivity contribution in [2.75, 3.05) is 18.4 Å². The summed E-state index contributed by atoms with van der Waals surface area (Å²) in [5.74, 6) is 2.02. The van der Waals surface area contributed by atoms with Gasteiger partial charge in [-0.2, -0.15) is 0 Å². The van der Waals surface area contributed by atoms with Crippen molar-refractivity contribution in [2.45, 2.75) is 39.0 Å². The number of furan rings is 1. The van der Waals surface area contributed by atoms with E-state index in [0.717, 1.165) is 54.3 Å². The number of fused-ring (bicyclic) bond motifs is 4. The largest absolute Gasteiger partial charge is 0.462 e. The Bertz CT molecular complexity index is 1190. The summed E-state index contributed by atoms with van der Waals surface area (Å²) in [6.45, 7) is 4.60. The quantitative estimate of drug-likeness (QED) is 0.645. The number of nitrogens with zero attached hydrogens (tertiary/aromatic N) is 2. The number of nitrogens with one attached hydrogen (secondary N) is 1. The number of benzene rings is 1. The average molecular weight is 434 g/mol. The number of aliphatic hydroxyl groups is 1. The van der Waals surface area contributed by atoms with Crippen molar-refractivity contribution in [1.82, 2.24) is 9.47 Å². The Morgan fingerprint density at radius 1 is 1.06 bits per heavy atom. The van der Waals surface area contributed by atoms with E-state index in [1.165, 1.54) is 6.92 Å². The molecule has 5 rings (SSSR count). The van der Waals surface area contributed by atoms with Crippen LogP contribution in [0.15, 0.2) is 57.7 Å². The molecule has 2 atom stereocenters. The van der Waals surface area contributed by atoms with Gasteiger partial charge in [-0.3, -0.25) is 14.5 Å². The van der Waals surface area contributed by atoms with E-state index in [1.807, 2.05) is 47.0 Å². The molecule has 2 N–H and O–H groups in total. The van der Waals surface area contributed by atoms with Gasteiger partial charge in [0.1, 0.15) is 18.1 Å². The van der Waals surface area contributed by atoms with Crippen molar-refractivity contribution >= 4 is 11.6 Å². The molecule has 2 unspecified atom stereocenters. The maximum atomic E-state index is 12.7. The molecular weight excluding hydrogens is 406 g/mol.